The fourth-order valence-electron chi connectivity index (χ4n) is 3.69. The van der Waals surface area contributed by atoms with Crippen LogP contribution in [-0.4, -0.2) is 53.0 Å². The predicted molar refractivity (Wildman–Crippen MR) is 132 cm³/mol. The molecular weight excluding hydrogens is 457 g/mol. The number of nitrogens with one attached hydrogen (secondary N) is 2. The number of aliphatic imine (C=N–C) groups is 1. The van der Waals surface area contributed by atoms with E-state index in [9.17, 15) is 9.18 Å². The number of rotatable bonds is 3. The Bertz CT molecular complexity index is 1170. The third-order valence-electron chi connectivity index (χ3n) is 5.26. The molecule has 2 heterocycles. The van der Waals surface area contributed by atoms with Crippen molar-refractivity contribution in [3.8, 4) is 0 Å². The zero-order valence-electron chi connectivity index (χ0n) is 18.9. The minimum atomic E-state index is -0.452. The van der Waals surface area contributed by atoms with Crippen molar-refractivity contribution in [2.24, 2.45) is 4.99 Å². The highest BCUT2D eigenvalue weighted by atomic mass is 35.5. The van der Waals surface area contributed by atoms with E-state index in [1.807, 2.05) is 24.8 Å². The van der Waals surface area contributed by atoms with Crippen LogP contribution in [0.5, 0.6) is 0 Å². The maximum absolute atomic E-state index is 13.3. The predicted octanol–water partition coefficient (Wildman–Crippen LogP) is 4.52. The van der Waals surface area contributed by atoms with Crippen LogP contribution in [0.2, 0.25) is 5.02 Å². The molecule has 1 aromatic heterocycles. The molecule has 0 atom stereocenters. The average molecular weight is 482 g/mol. The van der Waals surface area contributed by atoms with Crippen molar-refractivity contribution in [1.82, 2.24) is 20.2 Å². The molecule has 3 aromatic rings. The third kappa shape index (κ3) is 6.20. The zero-order valence-corrected chi connectivity index (χ0v) is 19.7. The molecule has 0 saturated carbocycles. The molecule has 1 aliphatic rings. The summed E-state index contributed by atoms with van der Waals surface area (Å²) in [5.41, 5.74) is 3.09. The number of anilines is 2. The van der Waals surface area contributed by atoms with Gasteiger partial charge in [0.25, 0.3) is 5.95 Å². The number of amides is 2. The Kier molecular flexibility index (Phi) is 7.22. The van der Waals surface area contributed by atoms with E-state index in [0.29, 0.717) is 42.8 Å². The second-order valence-corrected chi connectivity index (χ2v) is 8.36. The maximum atomic E-state index is 13.3. The van der Waals surface area contributed by atoms with E-state index in [-0.39, 0.29) is 11.8 Å². The summed E-state index contributed by atoms with van der Waals surface area (Å²) in [6.07, 6.45) is 0. The van der Waals surface area contributed by atoms with Crippen molar-refractivity contribution >= 4 is 40.9 Å². The molecule has 1 saturated heterocycles. The minimum absolute atomic E-state index is 0.264. The second kappa shape index (κ2) is 10.5. The van der Waals surface area contributed by atoms with E-state index < -0.39 is 6.03 Å². The largest absolute Gasteiger partial charge is 0.368 e. The molecule has 0 radical (unpaired) electrons. The Balaban J connectivity index is 1.52. The van der Waals surface area contributed by atoms with Crippen LogP contribution in [0.25, 0.3) is 0 Å². The molecule has 2 N–H and O–H groups in total. The first-order chi connectivity index (χ1) is 16.4. The van der Waals surface area contributed by atoms with Crippen LogP contribution in [0.15, 0.2) is 59.6 Å². The number of hydrogen-bond donors (Lipinski definition) is 2. The number of hydrogen-bond acceptors (Lipinski definition) is 5. The Labute approximate surface area is 202 Å². The quantitative estimate of drug-likeness (QED) is 0.424. The first-order valence-electron chi connectivity index (χ1n) is 10.9. The lowest BCUT2D eigenvalue weighted by Crippen LogP contribution is -2.54. The summed E-state index contributed by atoms with van der Waals surface area (Å²) < 4.78 is 13.3. The minimum Gasteiger partial charge on any atom is -0.368 e. The number of aromatic nitrogens is 2. The van der Waals surface area contributed by atoms with Gasteiger partial charge in [0.05, 0.1) is 0 Å². The number of urea groups is 1. The molecule has 2 amide bonds. The first kappa shape index (κ1) is 23.4. The molecule has 0 spiro atoms. The van der Waals surface area contributed by atoms with Crippen LogP contribution in [0, 0.1) is 19.7 Å². The van der Waals surface area contributed by atoms with Crippen LogP contribution in [0.4, 0.5) is 26.5 Å². The summed E-state index contributed by atoms with van der Waals surface area (Å²) >= 11 is 6.02. The molecular formula is C24H25ClFN7O. The Morgan fingerprint density at radius 3 is 2.32 bits per heavy atom. The fourth-order valence-corrected chi connectivity index (χ4v) is 3.88. The van der Waals surface area contributed by atoms with Gasteiger partial charge in [-0.05, 0) is 62.4 Å². The van der Waals surface area contributed by atoms with Crippen LogP contribution in [0.3, 0.4) is 0 Å². The fraction of sp³-hybridized carbons (Fsp3) is 0.250. The van der Waals surface area contributed by atoms with Gasteiger partial charge in [-0.15, -0.1) is 0 Å². The number of carbonyl (C=O) groups excluding carboxylic acids is 1. The number of carbonyl (C=O) groups is 1. The van der Waals surface area contributed by atoms with Gasteiger partial charge >= 0.3 is 6.03 Å². The summed E-state index contributed by atoms with van der Waals surface area (Å²) in [7, 11) is 0. The van der Waals surface area contributed by atoms with Crippen molar-refractivity contribution in [3.05, 3.63) is 76.8 Å². The molecule has 1 fully saturated rings. The van der Waals surface area contributed by atoms with E-state index >= 15 is 0 Å². The van der Waals surface area contributed by atoms with E-state index in [2.05, 4.69) is 30.5 Å². The SMILES string of the molecule is Cc1cc(C)nc(/N=C(/NC(=O)Nc2cccc(Cl)c2)N2CCN(c3ccc(F)cc3)CC2)n1. The Hall–Kier alpha value is -3.72. The molecule has 176 valence electrons. The van der Waals surface area contributed by atoms with Crippen molar-refractivity contribution < 1.29 is 9.18 Å². The van der Waals surface area contributed by atoms with Gasteiger partial charge in [0.2, 0.25) is 5.96 Å². The monoisotopic (exact) mass is 481 g/mol. The van der Waals surface area contributed by atoms with Crippen LogP contribution in [-0.2, 0) is 0 Å². The van der Waals surface area contributed by atoms with Crippen molar-refractivity contribution in [2.45, 2.75) is 13.8 Å². The highest BCUT2D eigenvalue weighted by Gasteiger charge is 2.22. The topological polar surface area (TPSA) is 85.7 Å². The highest BCUT2D eigenvalue weighted by Crippen LogP contribution is 2.18. The summed E-state index contributed by atoms with van der Waals surface area (Å²) in [5.74, 6) is 0.361. The van der Waals surface area contributed by atoms with Gasteiger partial charge in [0.15, 0.2) is 0 Å². The van der Waals surface area contributed by atoms with Gasteiger partial charge in [-0.1, -0.05) is 17.7 Å². The van der Waals surface area contributed by atoms with Gasteiger partial charge in [-0.25, -0.2) is 19.2 Å². The Morgan fingerprint density at radius 2 is 1.68 bits per heavy atom. The van der Waals surface area contributed by atoms with Gasteiger partial charge in [0.1, 0.15) is 5.82 Å². The molecule has 0 bridgehead atoms. The van der Waals surface area contributed by atoms with E-state index in [1.165, 1.54) is 12.1 Å². The molecule has 0 unspecified atom stereocenters. The van der Waals surface area contributed by atoms with E-state index in [0.717, 1.165) is 17.1 Å². The normalized spacial score (nSPS) is 14.2. The van der Waals surface area contributed by atoms with Gasteiger partial charge < -0.3 is 15.1 Å². The van der Waals surface area contributed by atoms with Crippen LogP contribution >= 0.6 is 11.6 Å². The van der Waals surface area contributed by atoms with E-state index in [4.69, 9.17) is 11.6 Å². The maximum Gasteiger partial charge on any atom is 0.326 e. The molecule has 1 aliphatic heterocycles. The van der Waals surface area contributed by atoms with Gasteiger partial charge in [-0.3, -0.25) is 5.32 Å². The number of piperazine rings is 1. The molecule has 8 nitrogen and oxygen atoms in total. The van der Waals surface area contributed by atoms with Gasteiger partial charge in [-0.2, -0.15) is 4.99 Å². The lowest BCUT2D eigenvalue weighted by molar-refractivity contribution is 0.254. The van der Waals surface area contributed by atoms with Crippen molar-refractivity contribution in [3.63, 3.8) is 0 Å². The molecule has 34 heavy (non-hydrogen) atoms. The lowest BCUT2D eigenvalue weighted by Gasteiger charge is -2.37. The molecule has 2 aromatic carbocycles. The van der Waals surface area contributed by atoms with Gasteiger partial charge in [0, 0.05) is 54.0 Å². The summed E-state index contributed by atoms with van der Waals surface area (Å²) in [4.78, 5) is 30.2. The summed E-state index contributed by atoms with van der Waals surface area (Å²) in [6, 6.07) is 14.7. The molecule has 10 heteroatoms. The van der Waals surface area contributed by atoms with Crippen molar-refractivity contribution in [1.29, 1.82) is 0 Å². The average Bonchev–Trinajstić information content (AvgIpc) is 2.79. The lowest BCUT2D eigenvalue weighted by atomic mass is 10.2. The van der Waals surface area contributed by atoms with E-state index in [1.54, 1.807) is 36.4 Å². The molecule has 4 rings (SSSR count). The number of benzene rings is 2. The number of guanidine groups is 1. The molecule has 0 aliphatic carbocycles. The number of halogens is 2. The smallest absolute Gasteiger partial charge is 0.326 e. The van der Waals surface area contributed by atoms with Crippen LogP contribution in [0.1, 0.15) is 11.4 Å². The number of nitrogens with zero attached hydrogens (tertiary/aromatic N) is 5. The summed E-state index contributed by atoms with van der Waals surface area (Å²) in [6.45, 7) is 6.28. The second-order valence-electron chi connectivity index (χ2n) is 7.93. The third-order valence-corrected chi connectivity index (χ3v) is 5.49. The standard InChI is InChI=1S/C24H25ClFN7O/c1-16-14-17(2)28-22(27-16)30-23(31-24(34)29-20-5-3-4-18(25)15-20)33-12-10-32(11-13-33)21-8-6-19(26)7-9-21/h3-9,14-15H,10-13H2,1-2H3,(H2,27,28,29,30,31,34). The number of aryl methyl sites for hydroxylation is 2. The highest BCUT2D eigenvalue weighted by molar-refractivity contribution is 6.30. The van der Waals surface area contributed by atoms with Crippen LogP contribution < -0.4 is 15.5 Å². The summed E-state index contributed by atoms with van der Waals surface area (Å²) in [5, 5.41) is 6.13. The Morgan fingerprint density at radius 1 is 1.00 bits per heavy atom. The first-order valence-corrected chi connectivity index (χ1v) is 11.2. The van der Waals surface area contributed by atoms with Crippen molar-refractivity contribution in [2.75, 3.05) is 36.4 Å². The zero-order chi connectivity index (χ0) is 24.1.